The van der Waals surface area contributed by atoms with Crippen molar-refractivity contribution in [3.63, 3.8) is 0 Å². The zero-order valence-electron chi connectivity index (χ0n) is 8.98. The van der Waals surface area contributed by atoms with E-state index in [0.717, 1.165) is 5.56 Å². The van der Waals surface area contributed by atoms with E-state index >= 15 is 0 Å². The van der Waals surface area contributed by atoms with Crippen LogP contribution in [-0.4, -0.2) is 24.7 Å². The van der Waals surface area contributed by atoms with Gasteiger partial charge in [-0.05, 0) is 23.3 Å². The molecule has 0 amide bonds. The van der Waals surface area contributed by atoms with Gasteiger partial charge < -0.3 is 0 Å². The lowest BCUT2D eigenvalue weighted by Crippen LogP contribution is -2.32. The quantitative estimate of drug-likeness (QED) is 0.719. The van der Waals surface area contributed by atoms with Gasteiger partial charge in [-0.1, -0.05) is 22.0 Å². The third-order valence-corrected chi connectivity index (χ3v) is 3.76. The van der Waals surface area contributed by atoms with Gasteiger partial charge in [-0.3, -0.25) is 4.18 Å². The van der Waals surface area contributed by atoms with Crippen LogP contribution in [0.25, 0.3) is 0 Å². The summed E-state index contributed by atoms with van der Waals surface area (Å²) in [4.78, 5) is 0. The van der Waals surface area contributed by atoms with E-state index in [9.17, 15) is 4.21 Å². The van der Waals surface area contributed by atoms with Gasteiger partial charge in [0.2, 0.25) is 0 Å². The monoisotopic (exact) mass is 214 g/mol. The molecule has 0 radical (unpaired) electrons. The Kier molecular flexibility index (Phi) is 3.29. The molecule has 1 aromatic rings. The molecule has 1 rings (SSSR count). The minimum absolute atomic E-state index is 0.636. The Bertz CT molecular complexity index is 346. The van der Waals surface area contributed by atoms with E-state index < -0.39 is 10.4 Å². The summed E-state index contributed by atoms with van der Waals surface area (Å²) in [5, 5.41) is 0. The van der Waals surface area contributed by atoms with Gasteiger partial charge in [0, 0.05) is 14.1 Å². The fourth-order valence-corrected chi connectivity index (χ4v) is 1.46. The molecule has 0 aliphatic rings. The van der Waals surface area contributed by atoms with Gasteiger partial charge in [-0.25, -0.2) is 0 Å². The maximum absolute atomic E-state index is 11.8. The average molecular weight is 214 g/mol. The third-order valence-electron chi connectivity index (χ3n) is 1.94. The van der Waals surface area contributed by atoms with Crippen LogP contribution >= 0.6 is 0 Å². The molecule has 78 valence electrons. The Morgan fingerprint density at radius 1 is 1.21 bits per heavy atom. The van der Waals surface area contributed by atoms with Crippen molar-refractivity contribution >= 4 is 10.4 Å². The highest BCUT2D eigenvalue weighted by Crippen LogP contribution is 2.17. The van der Waals surface area contributed by atoms with Gasteiger partial charge in [0.05, 0.1) is 0 Å². The highest BCUT2D eigenvalue weighted by Gasteiger charge is 2.27. The van der Waals surface area contributed by atoms with E-state index in [1.165, 1.54) is 0 Å². The van der Waals surface area contributed by atoms with Crippen molar-refractivity contribution in [3.8, 4) is 5.75 Å². The van der Waals surface area contributed by atoms with Crippen molar-refractivity contribution in [2.24, 2.45) is 0 Å². The molecular formula is C10H16NO2S+. The maximum atomic E-state index is 11.8. The molecule has 0 fully saturated rings. The standard InChI is InChI=1S/C10H16NO2S/c1-9-5-7-10(8-6-9)13-14(4,12)11(2)3/h5-8H,1-4H3/q+1. The summed E-state index contributed by atoms with van der Waals surface area (Å²) in [5.74, 6) is 0.636. The predicted octanol–water partition coefficient (Wildman–Crippen LogP) is 1.89. The Morgan fingerprint density at radius 2 is 1.71 bits per heavy atom. The molecule has 3 nitrogen and oxygen atoms in total. The number of rotatable bonds is 3. The largest absolute Gasteiger partial charge is 0.331 e. The fraction of sp³-hybridized carbons (Fsp3) is 0.400. The van der Waals surface area contributed by atoms with Gasteiger partial charge in [0.15, 0.2) is 12.0 Å². The van der Waals surface area contributed by atoms with Crippen LogP contribution in [0.3, 0.4) is 0 Å². The lowest BCUT2D eigenvalue weighted by Gasteiger charge is -2.12. The molecular weight excluding hydrogens is 198 g/mol. The predicted molar refractivity (Wildman–Crippen MR) is 59.5 cm³/mol. The summed E-state index contributed by atoms with van der Waals surface area (Å²) in [6, 6.07) is 7.50. The fourth-order valence-electron chi connectivity index (χ4n) is 0.847. The summed E-state index contributed by atoms with van der Waals surface area (Å²) in [7, 11) is 1.08. The maximum Gasteiger partial charge on any atom is 0.331 e. The highest BCUT2D eigenvalue weighted by molar-refractivity contribution is 7.95. The van der Waals surface area contributed by atoms with Crippen molar-refractivity contribution < 1.29 is 8.39 Å². The van der Waals surface area contributed by atoms with Crippen molar-refractivity contribution in [2.75, 3.05) is 20.4 Å². The van der Waals surface area contributed by atoms with Crippen LogP contribution in [0.2, 0.25) is 0 Å². The first-order valence-corrected chi connectivity index (χ1v) is 6.19. The number of hydrogen-bond acceptors (Lipinski definition) is 2. The molecule has 0 bridgehead atoms. The normalized spacial score (nSPS) is 15.2. The summed E-state index contributed by atoms with van der Waals surface area (Å²) in [6.45, 7) is 2.00. The molecule has 1 unspecified atom stereocenters. The van der Waals surface area contributed by atoms with E-state index in [1.54, 1.807) is 24.7 Å². The molecule has 4 heteroatoms. The first-order valence-electron chi connectivity index (χ1n) is 4.34. The van der Waals surface area contributed by atoms with Crippen LogP contribution in [-0.2, 0) is 14.6 Å². The van der Waals surface area contributed by atoms with E-state index in [-0.39, 0.29) is 0 Å². The third kappa shape index (κ3) is 2.82. The van der Waals surface area contributed by atoms with Crippen LogP contribution in [0, 0.1) is 6.92 Å². The second-order valence-electron chi connectivity index (χ2n) is 3.44. The lowest BCUT2D eigenvalue weighted by molar-refractivity contribution is 0.445. The Hall–Kier alpha value is -0.870. The van der Waals surface area contributed by atoms with Crippen molar-refractivity contribution in [1.82, 2.24) is 4.31 Å². The zero-order valence-corrected chi connectivity index (χ0v) is 9.80. The number of hydrogen-bond donors (Lipinski definition) is 0. The number of aryl methyl sites for hydroxylation is 1. The van der Waals surface area contributed by atoms with Crippen LogP contribution < -0.4 is 4.18 Å². The summed E-state index contributed by atoms with van der Waals surface area (Å²) >= 11 is 0. The second-order valence-corrected chi connectivity index (χ2v) is 5.80. The summed E-state index contributed by atoms with van der Waals surface area (Å²) in [5.41, 5.74) is 1.16. The number of nitrogens with zero attached hydrogens (tertiary/aromatic N) is 1. The Balaban J connectivity index is 2.79. The highest BCUT2D eigenvalue weighted by atomic mass is 32.3. The SMILES string of the molecule is Cc1ccc(O[S+](C)(=O)N(C)C)cc1. The molecule has 0 N–H and O–H groups in total. The Labute approximate surface area is 86.5 Å². The van der Waals surface area contributed by atoms with Crippen molar-refractivity contribution in [2.45, 2.75) is 6.92 Å². The van der Waals surface area contributed by atoms with Gasteiger partial charge in [0.1, 0.15) is 0 Å². The lowest BCUT2D eigenvalue weighted by atomic mass is 10.2. The van der Waals surface area contributed by atoms with Crippen LogP contribution in [0.4, 0.5) is 0 Å². The molecule has 0 aliphatic carbocycles. The topological polar surface area (TPSA) is 29.5 Å². The van der Waals surface area contributed by atoms with Gasteiger partial charge >= 0.3 is 10.4 Å². The van der Waals surface area contributed by atoms with E-state index in [2.05, 4.69) is 0 Å². The molecule has 0 spiro atoms. The first-order chi connectivity index (χ1) is 6.42. The minimum atomic E-state index is -2.38. The smallest absolute Gasteiger partial charge is 0.266 e. The molecule has 0 aliphatic heterocycles. The van der Waals surface area contributed by atoms with Crippen LogP contribution in [0.5, 0.6) is 5.75 Å². The van der Waals surface area contributed by atoms with Crippen LogP contribution in [0.15, 0.2) is 24.3 Å². The van der Waals surface area contributed by atoms with Crippen molar-refractivity contribution in [3.05, 3.63) is 29.8 Å². The molecule has 0 heterocycles. The molecule has 0 aromatic heterocycles. The van der Waals surface area contributed by atoms with Crippen molar-refractivity contribution in [1.29, 1.82) is 0 Å². The van der Waals surface area contributed by atoms with E-state index in [4.69, 9.17) is 4.18 Å². The summed E-state index contributed by atoms with van der Waals surface area (Å²) < 4.78 is 18.8. The minimum Gasteiger partial charge on any atom is -0.266 e. The van der Waals surface area contributed by atoms with E-state index in [0.29, 0.717) is 5.75 Å². The van der Waals surface area contributed by atoms with Gasteiger partial charge in [-0.15, -0.1) is 0 Å². The second kappa shape index (κ2) is 4.11. The van der Waals surface area contributed by atoms with Gasteiger partial charge in [-0.2, -0.15) is 0 Å². The van der Waals surface area contributed by atoms with E-state index in [1.807, 2.05) is 31.2 Å². The molecule has 1 atom stereocenters. The number of benzene rings is 1. The Morgan fingerprint density at radius 3 is 2.14 bits per heavy atom. The zero-order chi connectivity index (χ0) is 10.8. The first kappa shape index (κ1) is 11.2. The molecule has 14 heavy (non-hydrogen) atoms. The van der Waals surface area contributed by atoms with Crippen LogP contribution in [0.1, 0.15) is 5.56 Å². The molecule has 0 saturated carbocycles. The molecule has 1 aromatic carbocycles. The summed E-state index contributed by atoms with van der Waals surface area (Å²) in [6.07, 6.45) is 1.58. The average Bonchev–Trinajstić information content (AvgIpc) is 2.08. The molecule has 0 saturated heterocycles. The van der Waals surface area contributed by atoms with Gasteiger partial charge in [0.25, 0.3) is 0 Å².